The smallest absolute Gasteiger partial charge is 0.104 e. The second-order valence-electron chi connectivity index (χ2n) is 2.98. The molecule has 0 atom stereocenters. The third-order valence-electron chi connectivity index (χ3n) is 1.96. The molecule has 2 aromatic rings. The molecule has 14 heavy (non-hydrogen) atoms. The molecule has 0 N–H and O–H groups in total. The first-order chi connectivity index (χ1) is 6.66. The summed E-state index contributed by atoms with van der Waals surface area (Å²) in [4.78, 5) is 0. The summed E-state index contributed by atoms with van der Waals surface area (Å²) in [6.45, 7) is 0. The van der Waals surface area contributed by atoms with E-state index in [0.717, 1.165) is 20.9 Å². The van der Waals surface area contributed by atoms with E-state index in [1.54, 1.807) is 4.68 Å². The highest BCUT2D eigenvalue weighted by molar-refractivity contribution is 9.10. The molecule has 72 valence electrons. The Kier molecular flexibility index (Phi) is 2.61. The summed E-state index contributed by atoms with van der Waals surface area (Å²) in [6.07, 6.45) is 0. The Hall–Kier alpha value is -0.800. The number of nitrogens with zero attached hydrogens (tertiary/aromatic N) is 2. The van der Waals surface area contributed by atoms with Crippen LogP contribution in [0.2, 0.25) is 5.02 Å². The van der Waals surface area contributed by atoms with Gasteiger partial charge in [-0.3, -0.25) is 4.68 Å². The molecule has 4 heteroatoms. The van der Waals surface area contributed by atoms with Gasteiger partial charge in [0.25, 0.3) is 0 Å². The monoisotopic (exact) mass is 270 g/mol. The average molecular weight is 272 g/mol. The molecule has 1 aromatic carbocycles. The predicted octanol–water partition coefficient (Wildman–Crippen LogP) is 3.50. The molecule has 0 aliphatic carbocycles. The van der Waals surface area contributed by atoms with Gasteiger partial charge in [-0.05, 0) is 34.1 Å². The molecule has 2 nitrogen and oxygen atoms in total. The van der Waals surface area contributed by atoms with Gasteiger partial charge in [-0.2, -0.15) is 5.10 Å². The van der Waals surface area contributed by atoms with Crippen molar-refractivity contribution in [3.8, 4) is 11.3 Å². The van der Waals surface area contributed by atoms with Crippen LogP contribution in [-0.4, -0.2) is 9.78 Å². The molecule has 0 saturated carbocycles. The molecule has 0 aliphatic heterocycles. The van der Waals surface area contributed by atoms with E-state index < -0.39 is 0 Å². The molecule has 0 spiro atoms. The van der Waals surface area contributed by atoms with Crippen molar-refractivity contribution in [3.05, 3.63) is 40.0 Å². The van der Waals surface area contributed by atoms with Gasteiger partial charge >= 0.3 is 0 Å². The molecule has 1 aromatic heterocycles. The number of aromatic nitrogens is 2. The van der Waals surface area contributed by atoms with Crippen molar-refractivity contribution in [1.82, 2.24) is 9.78 Å². The molecule has 0 aliphatic rings. The summed E-state index contributed by atoms with van der Waals surface area (Å²) >= 11 is 9.20. The minimum absolute atomic E-state index is 0.740. The van der Waals surface area contributed by atoms with Gasteiger partial charge in [-0.25, -0.2) is 0 Å². The normalized spacial score (nSPS) is 10.5. The van der Waals surface area contributed by atoms with Gasteiger partial charge in [0.05, 0.1) is 5.69 Å². The summed E-state index contributed by atoms with van der Waals surface area (Å²) < 4.78 is 2.74. The minimum atomic E-state index is 0.740. The summed E-state index contributed by atoms with van der Waals surface area (Å²) in [5.41, 5.74) is 2.01. The van der Waals surface area contributed by atoms with Crippen LogP contribution >= 0.6 is 27.5 Å². The lowest BCUT2D eigenvalue weighted by atomic mass is 10.2. The first kappa shape index (κ1) is 9.74. The van der Waals surface area contributed by atoms with Crippen LogP contribution in [0.15, 0.2) is 34.9 Å². The van der Waals surface area contributed by atoms with Gasteiger partial charge in [-0.15, -0.1) is 0 Å². The van der Waals surface area contributed by atoms with E-state index in [-0.39, 0.29) is 0 Å². The molecule has 0 unspecified atom stereocenters. The standard InChI is InChI=1S/C10H8BrClN2/c1-14-10(11)6-9(13-14)7-2-4-8(12)5-3-7/h2-6H,1H3. The SMILES string of the molecule is Cn1nc(-c2ccc(Cl)cc2)cc1Br. The quantitative estimate of drug-likeness (QED) is 0.776. The molecular weight excluding hydrogens is 263 g/mol. The Morgan fingerprint density at radius 3 is 2.43 bits per heavy atom. The zero-order valence-corrected chi connectivity index (χ0v) is 9.88. The van der Waals surface area contributed by atoms with E-state index in [0.29, 0.717) is 0 Å². The number of aryl methyl sites for hydroxylation is 1. The van der Waals surface area contributed by atoms with Crippen molar-refractivity contribution in [2.45, 2.75) is 0 Å². The largest absolute Gasteiger partial charge is 0.261 e. The molecule has 0 fully saturated rings. The lowest BCUT2D eigenvalue weighted by molar-refractivity contribution is 0.752. The zero-order chi connectivity index (χ0) is 10.1. The second-order valence-corrected chi connectivity index (χ2v) is 4.23. The highest BCUT2D eigenvalue weighted by atomic mass is 79.9. The predicted molar refractivity (Wildman–Crippen MR) is 61.4 cm³/mol. The topological polar surface area (TPSA) is 17.8 Å². The van der Waals surface area contributed by atoms with Crippen LogP contribution in [0, 0.1) is 0 Å². The first-order valence-electron chi connectivity index (χ1n) is 4.12. The fourth-order valence-electron chi connectivity index (χ4n) is 1.21. The van der Waals surface area contributed by atoms with E-state index in [1.165, 1.54) is 0 Å². The van der Waals surface area contributed by atoms with Gasteiger partial charge in [-0.1, -0.05) is 23.7 Å². The summed E-state index contributed by atoms with van der Waals surface area (Å²) in [5, 5.41) is 5.08. The van der Waals surface area contributed by atoms with Gasteiger partial charge in [0, 0.05) is 17.6 Å². The van der Waals surface area contributed by atoms with Crippen LogP contribution in [0.25, 0.3) is 11.3 Å². The maximum atomic E-state index is 5.80. The molecule has 0 amide bonds. The second kappa shape index (κ2) is 3.75. The Morgan fingerprint density at radius 2 is 1.93 bits per heavy atom. The first-order valence-corrected chi connectivity index (χ1v) is 5.29. The number of benzene rings is 1. The molecule has 1 heterocycles. The maximum absolute atomic E-state index is 5.80. The van der Waals surface area contributed by atoms with Crippen molar-refractivity contribution >= 4 is 27.5 Å². The van der Waals surface area contributed by atoms with E-state index in [1.807, 2.05) is 37.4 Å². The number of hydrogen-bond donors (Lipinski definition) is 0. The van der Waals surface area contributed by atoms with E-state index in [2.05, 4.69) is 21.0 Å². The van der Waals surface area contributed by atoms with Crippen molar-refractivity contribution in [3.63, 3.8) is 0 Å². The van der Waals surface area contributed by atoms with Gasteiger partial charge in [0.2, 0.25) is 0 Å². The van der Waals surface area contributed by atoms with E-state index in [9.17, 15) is 0 Å². The highest BCUT2D eigenvalue weighted by Gasteiger charge is 2.04. The number of halogens is 2. The fraction of sp³-hybridized carbons (Fsp3) is 0.100. The third kappa shape index (κ3) is 1.83. The van der Waals surface area contributed by atoms with Gasteiger partial charge in [0.1, 0.15) is 4.60 Å². The van der Waals surface area contributed by atoms with Crippen LogP contribution in [0.5, 0.6) is 0 Å². The third-order valence-corrected chi connectivity index (χ3v) is 2.96. The Balaban J connectivity index is 2.44. The summed E-state index contributed by atoms with van der Waals surface area (Å²) in [7, 11) is 1.89. The van der Waals surface area contributed by atoms with E-state index in [4.69, 9.17) is 11.6 Å². The van der Waals surface area contributed by atoms with Crippen molar-refractivity contribution in [1.29, 1.82) is 0 Å². The summed E-state index contributed by atoms with van der Waals surface area (Å²) in [5.74, 6) is 0. The van der Waals surface area contributed by atoms with Gasteiger partial charge in [0.15, 0.2) is 0 Å². The molecule has 0 radical (unpaired) electrons. The molecule has 2 rings (SSSR count). The molecular formula is C10H8BrClN2. The van der Waals surface area contributed by atoms with Crippen LogP contribution in [0.4, 0.5) is 0 Å². The Bertz CT molecular complexity index is 428. The van der Waals surface area contributed by atoms with Crippen molar-refractivity contribution in [2.24, 2.45) is 7.05 Å². The molecule has 0 saturated heterocycles. The fourth-order valence-corrected chi connectivity index (χ4v) is 1.63. The average Bonchev–Trinajstić information content (AvgIpc) is 2.48. The zero-order valence-electron chi connectivity index (χ0n) is 7.54. The Labute approximate surface area is 95.6 Å². The minimum Gasteiger partial charge on any atom is -0.261 e. The summed E-state index contributed by atoms with van der Waals surface area (Å²) in [6, 6.07) is 9.61. The number of hydrogen-bond acceptors (Lipinski definition) is 1. The highest BCUT2D eigenvalue weighted by Crippen LogP contribution is 2.22. The van der Waals surface area contributed by atoms with Crippen molar-refractivity contribution < 1.29 is 0 Å². The lowest BCUT2D eigenvalue weighted by Gasteiger charge is -1.95. The van der Waals surface area contributed by atoms with Crippen LogP contribution in [0.3, 0.4) is 0 Å². The van der Waals surface area contributed by atoms with Crippen LogP contribution in [0.1, 0.15) is 0 Å². The van der Waals surface area contributed by atoms with Crippen LogP contribution in [-0.2, 0) is 7.05 Å². The Morgan fingerprint density at radius 1 is 1.29 bits per heavy atom. The lowest BCUT2D eigenvalue weighted by Crippen LogP contribution is -1.89. The molecule has 0 bridgehead atoms. The van der Waals surface area contributed by atoms with Gasteiger partial charge < -0.3 is 0 Å². The van der Waals surface area contributed by atoms with Crippen LogP contribution < -0.4 is 0 Å². The number of rotatable bonds is 1. The van der Waals surface area contributed by atoms with Crippen molar-refractivity contribution in [2.75, 3.05) is 0 Å². The van der Waals surface area contributed by atoms with E-state index >= 15 is 0 Å². The maximum Gasteiger partial charge on any atom is 0.104 e.